The van der Waals surface area contributed by atoms with Gasteiger partial charge >= 0.3 is 17.9 Å². The average molecular weight is 893 g/mol. The van der Waals surface area contributed by atoms with E-state index in [-0.39, 0.29) is 31.1 Å². The van der Waals surface area contributed by atoms with Crippen LogP contribution in [0.5, 0.6) is 0 Å². The van der Waals surface area contributed by atoms with Crippen molar-refractivity contribution in [3.8, 4) is 0 Å². The quantitative estimate of drug-likeness (QED) is 0.0262. The van der Waals surface area contributed by atoms with E-state index >= 15 is 0 Å². The van der Waals surface area contributed by atoms with Crippen molar-refractivity contribution in [2.24, 2.45) is 0 Å². The first-order valence-corrected chi connectivity index (χ1v) is 26.9. The summed E-state index contributed by atoms with van der Waals surface area (Å²) in [5.41, 5.74) is 0. The van der Waals surface area contributed by atoms with Gasteiger partial charge in [0.05, 0.1) is 0 Å². The summed E-state index contributed by atoms with van der Waals surface area (Å²) in [6.45, 7) is 6.47. The van der Waals surface area contributed by atoms with Crippen LogP contribution in [-0.4, -0.2) is 37.2 Å². The van der Waals surface area contributed by atoms with E-state index in [1.54, 1.807) is 0 Å². The number of ether oxygens (including phenoxy) is 3. The normalized spacial score (nSPS) is 12.6. The Morgan fingerprint density at radius 2 is 0.609 bits per heavy atom. The van der Waals surface area contributed by atoms with E-state index < -0.39 is 6.10 Å². The molecule has 0 fully saturated rings. The third-order valence-electron chi connectivity index (χ3n) is 11.5. The summed E-state index contributed by atoms with van der Waals surface area (Å²) in [5.74, 6) is -0.930. The molecule has 368 valence electrons. The van der Waals surface area contributed by atoms with Crippen molar-refractivity contribution in [2.45, 2.75) is 264 Å². The Kier molecular flexibility index (Phi) is 49.9. The Labute approximate surface area is 395 Å². The number of carbonyl (C=O) groups is 3. The summed E-state index contributed by atoms with van der Waals surface area (Å²) in [7, 11) is 0. The summed E-state index contributed by atoms with van der Waals surface area (Å²) in [4.78, 5) is 37.9. The molecule has 0 N–H and O–H groups in total. The maximum absolute atomic E-state index is 12.8. The molecular formula is C58H100O6. The minimum Gasteiger partial charge on any atom is -0.462 e. The molecule has 0 amide bonds. The Balaban J connectivity index is 4.34. The molecule has 1 atom stereocenters. The zero-order valence-corrected chi connectivity index (χ0v) is 42.0. The maximum Gasteiger partial charge on any atom is 0.306 e. The molecule has 0 bridgehead atoms. The highest BCUT2D eigenvalue weighted by molar-refractivity contribution is 5.71. The largest absolute Gasteiger partial charge is 0.462 e. The first-order chi connectivity index (χ1) is 31.5. The number of esters is 3. The zero-order valence-electron chi connectivity index (χ0n) is 42.0. The van der Waals surface area contributed by atoms with E-state index in [0.29, 0.717) is 19.3 Å². The lowest BCUT2D eigenvalue weighted by molar-refractivity contribution is -0.167. The first kappa shape index (κ1) is 60.9. The fourth-order valence-electron chi connectivity index (χ4n) is 7.45. The van der Waals surface area contributed by atoms with Crippen LogP contribution in [0.15, 0.2) is 72.9 Å². The monoisotopic (exact) mass is 893 g/mol. The van der Waals surface area contributed by atoms with Crippen molar-refractivity contribution < 1.29 is 28.6 Å². The van der Waals surface area contributed by atoms with E-state index in [4.69, 9.17) is 14.2 Å². The summed E-state index contributed by atoms with van der Waals surface area (Å²) in [6, 6.07) is 0. The van der Waals surface area contributed by atoms with Gasteiger partial charge in [-0.15, -0.1) is 0 Å². The second-order valence-electron chi connectivity index (χ2n) is 17.8. The highest BCUT2D eigenvalue weighted by Gasteiger charge is 2.19. The summed E-state index contributed by atoms with van der Waals surface area (Å²) in [5, 5.41) is 0. The molecule has 0 aromatic rings. The van der Waals surface area contributed by atoms with Gasteiger partial charge in [-0.25, -0.2) is 0 Å². The number of rotatable bonds is 48. The molecule has 0 aliphatic heterocycles. The van der Waals surface area contributed by atoms with Crippen LogP contribution in [0.3, 0.4) is 0 Å². The van der Waals surface area contributed by atoms with Gasteiger partial charge in [0.2, 0.25) is 0 Å². The van der Waals surface area contributed by atoms with Gasteiger partial charge in [0.15, 0.2) is 6.10 Å². The zero-order chi connectivity index (χ0) is 46.5. The Morgan fingerprint density at radius 3 is 0.953 bits per heavy atom. The number of hydrogen-bond acceptors (Lipinski definition) is 6. The van der Waals surface area contributed by atoms with Gasteiger partial charge in [-0.2, -0.15) is 0 Å². The lowest BCUT2D eigenvalue weighted by atomic mass is 10.0. The molecule has 1 unspecified atom stereocenters. The maximum atomic E-state index is 12.8. The minimum absolute atomic E-state index is 0.0867. The average Bonchev–Trinajstić information content (AvgIpc) is 3.29. The predicted molar refractivity (Wildman–Crippen MR) is 274 cm³/mol. The highest BCUT2D eigenvalue weighted by Crippen LogP contribution is 2.16. The van der Waals surface area contributed by atoms with E-state index in [9.17, 15) is 14.4 Å². The van der Waals surface area contributed by atoms with Crippen LogP contribution in [-0.2, 0) is 28.6 Å². The first-order valence-electron chi connectivity index (χ1n) is 26.9. The van der Waals surface area contributed by atoms with Crippen molar-refractivity contribution in [2.75, 3.05) is 13.2 Å². The Hall–Kier alpha value is -3.15. The smallest absolute Gasteiger partial charge is 0.306 e. The van der Waals surface area contributed by atoms with Gasteiger partial charge in [0.1, 0.15) is 13.2 Å². The van der Waals surface area contributed by atoms with Crippen LogP contribution in [0.2, 0.25) is 0 Å². The van der Waals surface area contributed by atoms with E-state index in [1.165, 1.54) is 122 Å². The fourth-order valence-corrected chi connectivity index (χ4v) is 7.45. The van der Waals surface area contributed by atoms with Crippen LogP contribution in [0.25, 0.3) is 0 Å². The van der Waals surface area contributed by atoms with Gasteiger partial charge in [-0.3, -0.25) is 14.4 Å². The van der Waals surface area contributed by atoms with Gasteiger partial charge in [-0.1, -0.05) is 241 Å². The number of allylic oxidation sites excluding steroid dienone is 12. The topological polar surface area (TPSA) is 78.9 Å². The van der Waals surface area contributed by atoms with Gasteiger partial charge in [-0.05, 0) is 70.6 Å². The molecular weight excluding hydrogens is 793 g/mol. The van der Waals surface area contributed by atoms with Crippen molar-refractivity contribution >= 4 is 17.9 Å². The summed E-state index contributed by atoms with van der Waals surface area (Å²) >= 11 is 0. The molecule has 0 saturated carbocycles. The minimum atomic E-state index is -0.788. The molecule has 0 saturated heterocycles. The van der Waals surface area contributed by atoms with Crippen LogP contribution < -0.4 is 0 Å². The third-order valence-corrected chi connectivity index (χ3v) is 11.5. The molecule has 0 heterocycles. The van der Waals surface area contributed by atoms with E-state index in [2.05, 4.69) is 93.7 Å². The fraction of sp³-hybridized carbons (Fsp3) is 0.741. The second-order valence-corrected chi connectivity index (χ2v) is 17.8. The Morgan fingerprint density at radius 1 is 0.328 bits per heavy atom. The molecule has 0 rings (SSSR count). The van der Waals surface area contributed by atoms with Gasteiger partial charge in [0.25, 0.3) is 0 Å². The van der Waals surface area contributed by atoms with Gasteiger partial charge < -0.3 is 14.2 Å². The van der Waals surface area contributed by atoms with Crippen molar-refractivity contribution in [1.29, 1.82) is 0 Å². The lowest BCUT2D eigenvalue weighted by Crippen LogP contribution is -2.30. The molecule has 0 aliphatic rings. The molecule has 0 aromatic carbocycles. The van der Waals surface area contributed by atoms with E-state index in [0.717, 1.165) is 96.3 Å². The van der Waals surface area contributed by atoms with Crippen LogP contribution in [0.4, 0.5) is 0 Å². The molecule has 0 aromatic heterocycles. The van der Waals surface area contributed by atoms with Crippen molar-refractivity contribution in [3.63, 3.8) is 0 Å². The van der Waals surface area contributed by atoms with Crippen molar-refractivity contribution in [1.82, 2.24) is 0 Å². The van der Waals surface area contributed by atoms with Crippen LogP contribution in [0, 0.1) is 0 Å². The molecule has 64 heavy (non-hydrogen) atoms. The Bertz CT molecular complexity index is 1210. The summed E-state index contributed by atoms with van der Waals surface area (Å²) < 4.78 is 16.7. The number of unbranched alkanes of at least 4 members (excludes halogenated alkanes) is 25. The highest BCUT2D eigenvalue weighted by atomic mass is 16.6. The third kappa shape index (κ3) is 49.9. The molecule has 0 radical (unpaired) electrons. The lowest BCUT2D eigenvalue weighted by Gasteiger charge is -2.18. The summed E-state index contributed by atoms with van der Waals surface area (Å²) in [6.07, 6.45) is 66.2. The SMILES string of the molecule is CC/C=C\C/C=C\C/C=C\C/C=C\C/C=C\C/C=C\CCCCC(=O)OCC(COC(=O)CCCCCCCCCC)OC(=O)CCCCCCCCCCCCCCCCCCC. The predicted octanol–water partition coefficient (Wildman–Crippen LogP) is 17.8. The molecule has 6 nitrogen and oxygen atoms in total. The van der Waals surface area contributed by atoms with Crippen LogP contribution >= 0.6 is 0 Å². The molecule has 0 aliphatic carbocycles. The van der Waals surface area contributed by atoms with Crippen LogP contribution in [0.1, 0.15) is 258 Å². The van der Waals surface area contributed by atoms with E-state index in [1.807, 2.05) is 0 Å². The standard InChI is InChI=1S/C58H100O6/c1-4-7-10-13-16-19-21-23-25-27-28-29-30-32-33-35-37-39-42-45-48-51-57(60)63-54-55(53-62-56(59)50-47-44-41-18-15-12-9-6-3)64-58(61)52-49-46-43-40-38-36-34-31-26-24-22-20-17-14-11-8-5-2/h7,10,16,19,23,25,28-29,32-33,37,39,55H,4-6,8-9,11-15,17-18,20-22,24,26-27,30-31,34-36,38,40-54H2,1-3H3/b10-7-,19-16-,25-23-,29-28-,33-32-,39-37-. The van der Waals surface area contributed by atoms with Crippen molar-refractivity contribution in [3.05, 3.63) is 72.9 Å². The number of hydrogen-bond donors (Lipinski definition) is 0. The molecule has 6 heteroatoms. The molecule has 0 spiro atoms. The second kappa shape index (κ2) is 52.5. The van der Waals surface area contributed by atoms with Gasteiger partial charge in [0, 0.05) is 19.3 Å². The number of carbonyl (C=O) groups excluding carboxylic acids is 3.